The number of hydrogen-bond acceptors (Lipinski definition) is 7. The number of nitrogens with one attached hydrogen (secondary N) is 1. The lowest BCUT2D eigenvalue weighted by Crippen LogP contribution is -2.41. The number of aliphatic hydroxyl groups excluding tert-OH is 2. The Morgan fingerprint density at radius 3 is 3.10 bits per heavy atom. The second kappa shape index (κ2) is 4.38. The molecule has 0 amide bonds. The maximum Gasteiger partial charge on any atom is 0.278 e. The number of hydrogen-bond donors (Lipinski definition) is 3. The Morgan fingerprint density at radius 2 is 2.45 bits per heavy atom. The summed E-state index contributed by atoms with van der Waals surface area (Å²) in [5.74, 6) is 0. The van der Waals surface area contributed by atoms with Gasteiger partial charge >= 0.3 is 0 Å². The zero-order valence-electron chi connectivity index (χ0n) is 10.2. The number of imidazole rings is 1. The van der Waals surface area contributed by atoms with E-state index in [9.17, 15) is 15.0 Å². The standard InChI is InChI=1S/C11H11N5O4/c12-2-11(3-17)6(18)1-7(20-11)16-5-15-8-9(16)13-4-14-10(8)19/h4-7,17-18H,1,3H2,(H,13,14,19)/t6-,7-,11+/m0/s1. The molecule has 0 radical (unpaired) electrons. The predicted molar refractivity (Wildman–Crippen MR) is 64.3 cm³/mol. The number of aliphatic hydroxyl groups is 2. The summed E-state index contributed by atoms with van der Waals surface area (Å²) >= 11 is 0. The zero-order valence-corrected chi connectivity index (χ0v) is 10.2. The van der Waals surface area contributed by atoms with Gasteiger partial charge in [0, 0.05) is 6.42 Å². The first-order valence-electron chi connectivity index (χ1n) is 5.89. The minimum atomic E-state index is -1.66. The smallest absolute Gasteiger partial charge is 0.278 e. The molecular weight excluding hydrogens is 266 g/mol. The van der Waals surface area contributed by atoms with E-state index in [4.69, 9.17) is 10.00 Å². The average molecular weight is 277 g/mol. The van der Waals surface area contributed by atoms with E-state index >= 15 is 0 Å². The Labute approximate surface area is 112 Å². The Bertz CT molecular complexity index is 747. The van der Waals surface area contributed by atoms with Crippen LogP contribution in [0, 0.1) is 11.3 Å². The van der Waals surface area contributed by atoms with E-state index < -0.39 is 24.5 Å². The van der Waals surface area contributed by atoms with Crippen molar-refractivity contribution in [1.29, 1.82) is 5.26 Å². The van der Waals surface area contributed by atoms with Gasteiger partial charge in [0.15, 0.2) is 11.2 Å². The van der Waals surface area contributed by atoms with Crippen molar-refractivity contribution in [1.82, 2.24) is 19.5 Å². The van der Waals surface area contributed by atoms with Crippen molar-refractivity contribution in [2.45, 2.75) is 24.4 Å². The van der Waals surface area contributed by atoms with Crippen molar-refractivity contribution in [3.8, 4) is 6.07 Å². The van der Waals surface area contributed by atoms with E-state index in [2.05, 4.69) is 15.0 Å². The number of rotatable bonds is 2. The summed E-state index contributed by atoms with van der Waals surface area (Å²) in [6.07, 6.45) is 0.819. The number of fused-ring (bicyclic) bond motifs is 1. The van der Waals surface area contributed by atoms with E-state index in [1.165, 1.54) is 17.2 Å². The molecule has 0 aliphatic carbocycles. The zero-order chi connectivity index (χ0) is 14.3. The van der Waals surface area contributed by atoms with Crippen molar-refractivity contribution < 1.29 is 14.9 Å². The molecule has 2 aromatic rings. The molecule has 2 aromatic heterocycles. The van der Waals surface area contributed by atoms with Gasteiger partial charge in [-0.3, -0.25) is 9.36 Å². The molecule has 20 heavy (non-hydrogen) atoms. The van der Waals surface area contributed by atoms with Crippen LogP contribution in [-0.4, -0.2) is 48.0 Å². The summed E-state index contributed by atoms with van der Waals surface area (Å²) in [6, 6.07) is 1.78. The molecule has 3 rings (SSSR count). The highest BCUT2D eigenvalue weighted by molar-refractivity contribution is 5.68. The number of aromatic amines is 1. The van der Waals surface area contributed by atoms with Crippen LogP contribution < -0.4 is 5.56 Å². The maximum atomic E-state index is 11.6. The summed E-state index contributed by atoms with van der Waals surface area (Å²) in [5, 5.41) is 28.2. The molecule has 9 nitrogen and oxygen atoms in total. The fourth-order valence-corrected chi connectivity index (χ4v) is 2.27. The summed E-state index contributed by atoms with van der Waals surface area (Å²) in [4.78, 5) is 21.9. The lowest BCUT2D eigenvalue weighted by molar-refractivity contribution is -0.0904. The van der Waals surface area contributed by atoms with Gasteiger partial charge in [-0.05, 0) is 0 Å². The molecule has 1 saturated heterocycles. The van der Waals surface area contributed by atoms with Crippen LogP contribution in [0.5, 0.6) is 0 Å². The van der Waals surface area contributed by atoms with Crippen LogP contribution in [0.15, 0.2) is 17.4 Å². The first kappa shape index (κ1) is 12.7. The molecule has 1 aliphatic heterocycles. The molecule has 0 aromatic carbocycles. The van der Waals surface area contributed by atoms with Gasteiger partial charge in [0.1, 0.15) is 18.4 Å². The van der Waals surface area contributed by atoms with Crippen LogP contribution in [0.2, 0.25) is 0 Å². The van der Waals surface area contributed by atoms with Crippen LogP contribution in [0.3, 0.4) is 0 Å². The van der Waals surface area contributed by atoms with Gasteiger partial charge < -0.3 is 19.9 Å². The van der Waals surface area contributed by atoms with Crippen LogP contribution in [0.1, 0.15) is 12.6 Å². The van der Waals surface area contributed by atoms with Crippen molar-refractivity contribution in [3.63, 3.8) is 0 Å². The number of aromatic nitrogens is 4. The second-order valence-corrected chi connectivity index (χ2v) is 4.54. The van der Waals surface area contributed by atoms with Crippen LogP contribution in [0.25, 0.3) is 11.2 Å². The molecule has 0 saturated carbocycles. The minimum absolute atomic E-state index is 0.0913. The molecule has 1 fully saturated rings. The third kappa shape index (κ3) is 1.63. The first-order valence-corrected chi connectivity index (χ1v) is 5.89. The molecule has 3 N–H and O–H groups in total. The molecule has 104 valence electrons. The largest absolute Gasteiger partial charge is 0.392 e. The van der Waals surface area contributed by atoms with Gasteiger partial charge in [0.25, 0.3) is 5.56 Å². The van der Waals surface area contributed by atoms with Crippen molar-refractivity contribution in [3.05, 3.63) is 23.0 Å². The number of nitrogens with zero attached hydrogens (tertiary/aromatic N) is 4. The fourth-order valence-electron chi connectivity index (χ4n) is 2.27. The molecule has 9 heteroatoms. The van der Waals surface area contributed by atoms with E-state index in [1.807, 2.05) is 0 Å². The quantitative estimate of drug-likeness (QED) is 0.617. The lowest BCUT2D eigenvalue weighted by atomic mass is 10.00. The Morgan fingerprint density at radius 1 is 1.65 bits per heavy atom. The third-order valence-corrected chi connectivity index (χ3v) is 3.41. The molecular formula is C11H11N5O4. The van der Waals surface area contributed by atoms with E-state index in [0.29, 0.717) is 0 Å². The van der Waals surface area contributed by atoms with E-state index in [0.717, 1.165) is 0 Å². The highest BCUT2D eigenvalue weighted by Gasteiger charge is 2.49. The minimum Gasteiger partial charge on any atom is -0.392 e. The van der Waals surface area contributed by atoms with Crippen LogP contribution >= 0.6 is 0 Å². The SMILES string of the molecule is N#C[C@]1(CO)O[C@H](n2cnc3c(=O)[nH]cnc32)C[C@@H]1O. The summed E-state index contributed by atoms with van der Waals surface area (Å²) in [6.45, 7) is -0.623. The number of ether oxygens (including phenoxy) is 1. The molecule has 1 aliphatic rings. The topological polar surface area (TPSA) is 137 Å². The van der Waals surface area contributed by atoms with Gasteiger partial charge in [-0.1, -0.05) is 0 Å². The average Bonchev–Trinajstić information content (AvgIpc) is 3.01. The Kier molecular flexibility index (Phi) is 2.79. The monoisotopic (exact) mass is 277 g/mol. The highest BCUT2D eigenvalue weighted by atomic mass is 16.6. The molecule has 3 atom stereocenters. The van der Waals surface area contributed by atoms with Gasteiger partial charge in [-0.2, -0.15) is 5.26 Å². The normalized spacial score (nSPS) is 29.6. The third-order valence-electron chi connectivity index (χ3n) is 3.41. The van der Waals surface area contributed by atoms with Crippen molar-refractivity contribution >= 4 is 11.2 Å². The highest BCUT2D eigenvalue weighted by Crippen LogP contribution is 2.37. The van der Waals surface area contributed by atoms with Crippen molar-refractivity contribution in [2.75, 3.05) is 6.61 Å². The molecule has 3 heterocycles. The maximum absolute atomic E-state index is 11.6. The van der Waals surface area contributed by atoms with Gasteiger partial charge in [0.2, 0.25) is 5.60 Å². The summed E-state index contributed by atoms with van der Waals surface area (Å²) in [5.41, 5.74) is -1.62. The summed E-state index contributed by atoms with van der Waals surface area (Å²) < 4.78 is 6.92. The number of nitriles is 1. The fraction of sp³-hybridized carbons (Fsp3) is 0.455. The Balaban J connectivity index is 2.04. The predicted octanol–water partition coefficient (Wildman–Crippen LogP) is -1.35. The Hall–Kier alpha value is -2.28. The summed E-state index contributed by atoms with van der Waals surface area (Å²) in [7, 11) is 0. The number of H-pyrrole nitrogens is 1. The first-order chi connectivity index (χ1) is 9.61. The second-order valence-electron chi connectivity index (χ2n) is 4.54. The van der Waals surface area contributed by atoms with Crippen LogP contribution in [0.4, 0.5) is 0 Å². The van der Waals surface area contributed by atoms with Gasteiger partial charge in [-0.25, -0.2) is 9.97 Å². The lowest BCUT2D eigenvalue weighted by Gasteiger charge is -2.21. The molecule has 0 bridgehead atoms. The van der Waals surface area contributed by atoms with Gasteiger partial charge in [0.05, 0.1) is 19.3 Å². The van der Waals surface area contributed by atoms with Gasteiger partial charge in [-0.15, -0.1) is 0 Å². The van der Waals surface area contributed by atoms with E-state index in [1.54, 1.807) is 6.07 Å². The van der Waals surface area contributed by atoms with Crippen molar-refractivity contribution in [2.24, 2.45) is 0 Å². The van der Waals surface area contributed by atoms with E-state index in [-0.39, 0.29) is 23.1 Å². The molecule has 0 spiro atoms. The molecule has 0 unspecified atom stereocenters. The van der Waals surface area contributed by atoms with Crippen LogP contribution in [-0.2, 0) is 4.74 Å².